The number of thiophene rings is 1. The summed E-state index contributed by atoms with van der Waals surface area (Å²) in [6.07, 6.45) is 2.42. The molecule has 3 N–H and O–H groups in total. The molecule has 19 heavy (non-hydrogen) atoms. The number of esters is 1. The molecular weight excluding hydrogens is 262 g/mol. The minimum absolute atomic E-state index is 0.219. The smallest absolute Gasteiger partial charge is 0.350 e. The topological polar surface area (TPSA) is 88.1 Å². The van der Waals surface area contributed by atoms with E-state index in [9.17, 15) is 10.1 Å². The summed E-state index contributed by atoms with van der Waals surface area (Å²) in [5, 5.41) is 13.1. The molecule has 1 aromatic rings. The molecule has 102 valence electrons. The average molecular weight is 279 g/mol. The van der Waals surface area contributed by atoms with Crippen molar-refractivity contribution in [2.24, 2.45) is 5.92 Å². The third-order valence-electron chi connectivity index (χ3n) is 3.21. The number of ether oxygens (including phenoxy) is 1. The van der Waals surface area contributed by atoms with Crippen LogP contribution >= 0.6 is 11.3 Å². The van der Waals surface area contributed by atoms with E-state index in [0.717, 1.165) is 0 Å². The molecule has 0 aromatic carbocycles. The predicted molar refractivity (Wildman–Crippen MR) is 75.2 cm³/mol. The minimum atomic E-state index is -0.464. The summed E-state index contributed by atoms with van der Waals surface area (Å²) < 4.78 is 4.94. The number of hydrogen-bond donors (Lipinski definition) is 2. The van der Waals surface area contributed by atoms with Crippen molar-refractivity contribution in [2.75, 3.05) is 17.7 Å². The highest BCUT2D eigenvalue weighted by molar-refractivity contribution is 7.18. The Kier molecular flexibility index (Phi) is 3.96. The number of nitriles is 1. The van der Waals surface area contributed by atoms with Crippen molar-refractivity contribution < 1.29 is 9.53 Å². The fraction of sp³-hybridized carbons (Fsp3) is 0.538. The van der Waals surface area contributed by atoms with E-state index in [0.29, 0.717) is 34.0 Å². The van der Waals surface area contributed by atoms with E-state index < -0.39 is 5.97 Å². The third-order valence-corrected chi connectivity index (χ3v) is 4.32. The highest BCUT2D eigenvalue weighted by Crippen LogP contribution is 2.39. The van der Waals surface area contributed by atoms with Crippen LogP contribution in [0.1, 0.15) is 41.9 Å². The van der Waals surface area contributed by atoms with E-state index >= 15 is 0 Å². The molecule has 0 saturated heterocycles. The van der Waals surface area contributed by atoms with Gasteiger partial charge in [0.25, 0.3) is 0 Å². The van der Waals surface area contributed by atoms with Crippen molar-refractivity contribution in [3.05, 3.63) is 10.4 Å². The first-order valence-electron chi connectivity index (χ1n) is 6.34. The molecule has 1 unspecified atom stereocenters. The second-order valence-electron chi connectivity index (χ2n) is 4.65. The lowest BCUT2D eigenvalue weighted by atomic mass is 10.2. The Morgan fingerprint density at radius 2 is 2.37 bits per heavy atom. The molecule has 1 aliphatic carbocycles. The van der Waals surface area contributed by atoms with Crippen LogP contribution in [0.15, 0.2) is 0 Å². The standard InChI is InChI=1S/C13H17N3O2S/c1-3-18-13(17)11-10(15)9(6-14)12(19-11)16-7(2)8-4-5-8/h7-8,16H,3-5,15H2,1-2H3. The lowest BCUT2D eigenvalue weighted by Gasteiger charge is -2.12. The van der Waals surface area contributed by atoms with Crippen molar-refractivity contribution >= 4 is 28.0 Å². The van der Waals surface area contributed by atoms with Gasteiger partial charge in [-0.1, -0.05) is 0 Å². The van der Waals surface area contributed by atoms with Gasteiger partial charge in [-0.3, -0.25) is 0 Å². The van der Waals surface area contributed by atoms with Crippen LogP contribution in [0.3, 0.4) is 0 Å². The van der Waals surface area contributed by atoms with Crippen LogP contribution in [-0.2, 0) is 4.74 Å². The van der Waals surface area contributed by atoms with Gasteiger partial charge >= 0.3 is 5.97 Å². The maximum atomic E-state index is 11.8. The molecule has 1 atom stereocenters. The van der Waals surface area contributed by atoms with Crippen LogP contribution in [0, 0.1) is 17.2 Å². The maximum Gasteiger partial charge on any atom is 0.350 e. The molecule has 5 nitrogen and oxygen atoms in total. The SMILES string of the molecule is CCOC(=O)c1sc(NC(C)C2CC2)c(C#N)c1N. The second-order valence-corrected chi connectivity index (χ2v) is 5.67. The predicted octanol–water partition coefficient (Wildman–Crippen LogP) is 2.59. The third kappa shape index (κ3) is 2.82. The van der Waals surface area contributed by atoms with Crippen LogP contribution in [0.4, 0.5) is 10.7 Å². The number of nitrogens with one attached hydrogen (secondary N) is 1. The maximum absolute atomic E-state index is 11.8. The van der Waals surface area contributed by atoms with Crippen molar-refractivity contribution in [2.45, 2.75) is 32.7 Å². The highest BCUT2D eigenvalue weighted by atomic mass is 32.1. The van der Waals surface area contributed by atoms with E-state index in [2.05, 4.69) is 18.3 Å². The molecule has 0 spiro atoms. The lowest BCUT2D eigenvalue weighted by molar-refractivity contribution is 0.0533. The molecule has 1 heterocycles. The molecule has 0 bridgehead atoms. The van der Waals surface area contributed by atoms with E-state index in [-0.39, 0.29) is 5.69 Å². The molecule has 2 rings (SSSR count). The number of rotatable bonds is 5. The Morgan fingerprint density at radius 1 is 1.68 bits per heavy atom. The Labute approximate surface area is 116 Å². The number of carbonyl (C=O) groups excluding carboxylic acids is 1. The zero-order chi connectivity index (χ0) is 14.0. The van der Waals surface area contributed by atoms with Crippen LogP contribution < -0.4 is 11.1 Å². The first-order valence-corrected chi connectivity index (χ1v) is 7.16. The van der Waals surface area contributed by atoms with E-state index in [1.807, 2.05) is 0 Å². The minimum Gasteiger partial charge on any atom is -0.462 e. The zero-order valence-electron chi connectivity index (χ0n) is 11.0. The fourth-order valence-electron chi connectivity index (χ4n) is 1.93. The van der Waals surface area contributed by atoms with Gasteiger partial charge in [0, 0.05) is 6.04 Å². The summed E-state index contributed by atoms with van der Waals surface area (Å²) in [7, 11) is 0. The van der Waals surface area contributed by atoms with E-state index in [4.69, 9.17) is 10.5 Å². The molecule has 0 radical (unpaired) electrons. The molecule has 0 amide bonds. The molecule has 1 saturated carbocycles. The normalized spacial score (nSPS) is 15.6. The summed E-state index contributed by atoms with van der Waals surface area (Å²) in [5.41, 5.74) is 6.43. The summed E-state index contributed by atoms with van der Waals surface area (Å²) in [6.45, 7) is 4.11. The molecule has 1 fully saturated rings. The molecular formula is C13H17N3O2S. The van der Waals surface area contributed by atoms with Gasteiger partial charge in [-0.15, -0.1) is 11.3 Å². The Bertz CT molecular complexity index is 529. The van der Waals surface area contributed by atoms with Gasteiger partial charge in [-0.25, -0.2) is 4.79 Å². The number of nitrogens with two attached hydrogens (primary N) is 1. The second kappa shape index (κ2) is 5.49. The van der Waals surface area contributed by atoms with Gasteiger partial charge in [0.2, 0.25) is 0 Å². The van der Waals surface area contributed by atoms with E-state index in [1.54, 1.807) is 6.92 Å². The Hall–Kier alpha value is -1.74. The van der Waals surface area contributed by atoms with Crippen LogP contribution in [-0.4, -0.2) is 18.6 Å². The highest BCUT2D eigenvalue weighted by Gasteiger charge is 2.30. The van der Waals surface area contributed by atoms with Crippen LogP contribution in [0.5, 0.6) is 0 Å². The van der Waals surface area contributed by atoms with Crippen LogP contribution in [0.25, 0.3) is 0 Å². The van der Waals surface area contributed by atoms with Crippen LogP contribution in [0.2, 0.25) is 0 Å². The Morgan fingerprint density at radius 3 is 2.89 bits per heavy atom. The van der Waals surface area contributed by atoms with E-state index in [1.165, 1.54) is 24.2 Å². The summed E-state index contributed by atoms with van der Waals surface area (Å²) in [6, 6.07) is 2.35. The van der Waals surface area contributed by atoms with Gasteiger partial charge < -0.3 is 15.8 Å². The first-order chi connectivity index (χ1) is 9.08. The number of hydrogen-bond acceptors (Lipinski definition) is 6. The van der Waals surface area contributed by atoms with Crippen molar-refractivity contribution in [1.82, 2.24) is 0 Å². The largest absolute Gasteiger partial charge is 0.462 e. The monoisotopic (exact) mass is 279 g/mol. The van der Waals surface area contributed by atoms with Gasteiger partial charge in [0.05, 0.1) is 12.3 Å². The molecule has 0 aliphatic heterocycles. The quantitative estimate of drug-likeness (QED) is 0.809. The number of anilines is 2. The van der Waals surface area contributed by atoms with Crippen molar-refractivity contribution in [3.63, 3.8) is 0 Å². The lowest BCUT2D eigenvalue weighted by Crippen LogP contribution is -2.16. The average Bonchev–Trinajstić information content (AvgIpc) is 3.16. The van der Waals surface area contributed by atoms with Crippen molar-refractivity contribution in [3.8, 4) is 6.07 Å². The van der Waals surface area contributed by atoms with Gasteiger partial charge in [0.1, 0.15) is 21.5 Å². The van der Waals surface area contributed by atoms with Gasteiger partial charge in [0.15, 0.2) is 0 Å². The Balaban J connectivity index is 2.25. The summed E-state index contributed by atoms with van der Waals surface area (Å²) >= 11 is 1.20. The number of nitrogen functional groups attached to an aromatic ring is 1. The fourth-order valence-corrected chi connectivity index (χ4v) is 2.99. The van der Waals surface area contributed by atoms with Crippen molar-refractivity contribution in [1.29, 1.82) is 5.26 Å². The number of carbonyl (C=O) groups is 1. The van der Waals surface area contributed by atoms with Gasteiger partial charge in [-0.2, -0.15) is 5.26 Å². The summed E-state index contributed by atoms with van der Waals surface area (Å²) in [5.74, 6) is 0.189. The molecule has 1 aromatic heterocycles. The number of nitrogens with zero attached hydrogens (tertiary/aromatic N) is 1. The van der Waals surface area contributed by atoms with Gasteiger partial charge in [-0.05, 0) is 32.6 Å². The molecule has 1 aliphatic rings. The zero-order valence-corrected chi connectivity index (χ0v) is 11.8. The summed E-state index contributed by atoms with van der Waals surface area (Å²) in [4.78, 5) is 12.1. The first kappa shape index (κ1) is 13.7. The molecule has 6 heteroatoms.